The highest BCUT2D eigenvalue weighted by atomic mass is 79.9. The van der Waals surface area contributed by atoms with E-state index < -0.39 is 0 Å². The molecule has 0 fully saturated rings. The average Bonchev–Trinajstić information content (AvgIpc) is 1.79. The minimum atomic E-state index is 0.969. The van der Waals surface area contributed by atoms with Gasteiger partial charge in [-0.1, -0.05) is 46.3 Å². The van der Waals surface area contributed by atoms with Crippen molar-refractivity contribution < 1.29 is 0 Å². The first-order valence-corrected chi connectivity index (χ1v) is 4.05. The predicted molar refractivity (Wildman–Crippen MR) is 51.3 cm³/mol. The third-order valence-electron chi connectivity index (χ3n) is 0.928. The number of halogens is 1. The van der Waals surface area contributed by atoms with Gasteiger partial charge in [0.1, 0.15) is 0 Å². The van der Waals surface area contributed by atoms with E-state index in [0.717, 1.165) is 10.9 Å². The first-order chi connectivity index (χ1) is 4.63. The van der Waals surface area contributed by atoms with Crippen LogP contribution in [0.15, 0.2) is 34.9 Å². The largest absolute Gasteiger partial charge is 0.0998 e. The second-order valence-corrected chi connectivity index (χ2v) is 3.59. The highest BCUT2D eigenvalue weighted by Crippen LogP contribution is 2.02. The Bertz CT molecular complexity index is 160. The molecule has 0 amide bonds. The zero-order valence-corrected chi connectivity index (χ0v) is 8.11. The van der Waals surface area contributed by atoms with Crippen LogP contribution in [0.25, 0.3) is 0 Å². The summed E-state index contributed by atoms with van der Waals surface area (Å²) >= 11 is 3.33. The van der Waals surface area contributed by atoms with E-state index >= 15 is 0 Å². The van der Waals surface area contributed by atoms with Crippen molar-refractivity contribution in [3.63, 3.8) is 0 Å². The lowest BCUT2D eigenvalue weighted by Gasteiger charge is -1.86. The molecule has 0 nitrogen and oxygen atoms in total. The van der Waals surface area contributed by atoms with Gasteiger partial charge in [0.15, 0.2) is 0 Å². The van der Waals surface area contributed by atoms with Crippen LogP contribution in [-0.4, -0.2) is 0 Å². The van der Waals surface area contributed by atoms with Gasteiger partial charge in [-0.15, -0.1) is 0 Å². The van der Waals surface area contributed by atoms with E-state index in [1.54, 1.807) is 0 Å². The molecule has 1 heteroatoms. The van der Waals surface area contributed by atoms with Crippen molar-refractivity contribution >= 4 is 15.9 Å². The topological polar surface area (TPSA) is 0 Å². The van der Waals surface area contributed by atoms with Gasteiger partial charge in [-0.25, -0.2) is 0 Å². The molecular weight excluding hydrogens is 188 g/mol. The molecule has 0 radical (unpaired) electrons. The molecule has 56 valence electrons. The molecular formula is C9H13Br. The monoisotopic (exact) mass is 200 g/mol. The molecule has 10 heavy (non-hydrogen) atoms. The minimum Gasteiger partial charge on any atom is -0.0998 e. The van der Waals surface area contributed by atoms with Gasteiger partial charge >= 0.3 is 0 Å². The smallest absolute Gasteiger partial charge is 0.00805 e. The SMILES string of the molecule is C=C(C)CC=CC=C(C)Br. The highest BCUT2D eigenvalue weighted by Gasteiger charge is 1.77. The van der Waals surface area contributed by atoms with Crippen LogP contribution >= 0.6 is 15.9 Å². The average molecular weight is 201 g/mol. The Morgan fingerprint density at radius 3 is 2.50 bits per heavy atom. The molecule has 0 aliphatic carbocycles. The van der Waals surface area contributed by atoms with Gasteiger partial charge < -0.3 is 0 Å². The Labute approximate surface area is 71.5 Å². The van der Waals surface area contributed by atoms with Crippen LogP contribution in [0.4, 0.5) is 0 Å². The maximum atomic E-state index is 3.79. The highest BCUT2D eigenvalue weighted by molar-refractivity contribution is 9.11. The summed E-state index contributed by atoms with van der Waals surface area (Å²) in [4.78, 5) is 0. The molecule has 0 saturated carbocycles. The zero-order chi connectivity index (χ0) is 7.98. The molecule has 0 bridgehead atoms. The van der Waals surface area contributed by atoms with E-state index in [-0.39, 0.29) is 0 Å². The van der Waals surface area contributed by atoms with Crippen molar-refractivity contribution in [1.29, 1.82) is 0 Å². The Morgan fingerprint density at radius 1 is 1.50 bits per heavy atom. The fourth-order valence-electron chi connectivity index (χ4n) is 0.470. The standard InChI is InChI=1S/C9H13Br/c1-8(2)6-4-5-7-9(3)10/h4-5,7H,1,6H2,2-3H3. The first-order valence-electron chi connectivity index (χ1n) is 3.26. The molecule has 0 aromatic heterocycles. The lowest BCUT2D eigenvalue weighted by molar-refractivity contribution is 1.23. The van der Waals surface area contributed by atoms with Crippen molar-refractivity contribution in [2.24, 2.45) is 0 Å². The van der Waals surface area contributed by atoms with Crippen molar-refractivity contribution in [1.82, 2.24) is 0 Å². The van der Waals surface area contributed by atoms with Crippen molar-refractivity contribution in [2.45, 2.75) is 20.3 Å². The normalized spacial score (nSPS) is 12.5. The molecule has 0 atom stereocenters. The van der Waals surface area contributed by atoms with Crippen molar-refractivity contribution in [3.8, 4) is 0 Å². The van der Waals surface area contributed by atoms with Crippen LogP contribution in [-0.2, 0) is 0 Å². The predicted octanol–water partition coefficient (Wildman–Crippen LogP) is 3.81. The second kappa shape index (κ2) is 5.48. The van der Waals surface area contributed by atoms with Gasteiger partial charge in [-0.2, -0.15) is 0 Å². The van der Waals surface area contributed by atoms with Gasteiger partial charge in [-0.05, 0) is 24.8 Å². The van der Waals surface area contributed by atoms with Gasteiger partial charge in [0.05, 0.1) is 0 Å². The van der Waals surface area contributed by atoms with Gasteiger partial charge in [0.2, 0.25) is 0 Å². The van der Waals surface area contributed by atoms with E-state index in [1.807, 2.05) is 26.0 Å². The summed E-state index contributed by atoms with van der Waals surface area (Å²) in [6, 6.07) is 0. The van der Waals surface area contributed by atoms with E-state index in [0.29, 0.717) is 0 Å². The van der Waals surface area contributed by atoms with E-state index in [4.69, 9.17) is 0 Å². The van der Waals surface area contributed by atoms with E-state index in [2.05, 4.69) is 28.6 Å². The summed E-state index contributed by atoms with van der Waals surface area (Å²) in [7, 11) is 0. The molecule has 0 rings (SSSR count). The van der Waals surface area contributed by atoms with E-state index in [1.165, 1.54) is 5.57 Å². The molecule has 0 N–H and O–H groups in total. The molecule has 0 unspecified atom stereocenters. The zero-order valence-electron chi connectivity index (χ0n) is 6.52. The Morgan fingerprint density at radius 2 is 2.10 bits per heavy atom. The van der Waals surface area contributed by atoms with Gasteiger partial charge in [0.25, 0.3) is 0 Å². The fraction of sp³-hybridized carbons (Fsp3) is 0.333. The van der Waals surface area contributed by atoms with Gasteiger partial charge in [-0.3, -0.25) is 0 Å². The fourth-order valence-corrected chi connectivity index (χ4v) is 0.622. The van der Waals surface area contributed by atoms with Crippen LogP contribution in [0, 0.1) is 0 Å². The maximum absolute atomic E-state index is 3.79. The second-order valence-electron chi connectivity index (χ2n) is 2.34. The van der Waals surface area contributed by atoms with Crippen LogP contribution in [0.1, 0.15) is 20.3 Å². The third kappa shape index (κ3) is 7.70. The number of allylic oxidation sites excluding steroid dienone is 5. The minimum absolute atomic E-state index is 0.969. The van der Waals surface area contributed by atoms with Gasteiger partial charge in [0, 0.05) is 0 Å². The Kier molecular flexibility index (Phi) is 5.32. The molecule has 0 aliphatic rings. The van der Waals surface area contributed by atoms with Crippen molar-refractivity contribution in [2.75, 3.05) is 0 Å². The Hall–Kier alpha value is -0.300. The lowest BCUT2D eigenvalue weighted by atomic mass is 10.2. The summed E-state index contributed by atoms with van der Waals surface area (Å²) in [5, 5.41) is 0. The maximum Gasteiger partial charge on any atom is -0.00805 e. The molecule has 0 aromatic rings. The summed E-state index contributed by atoms with van der Waals surface area (Å²) in [6.07, 6.45) is 7.10. The van der Waals surface area contributed by atoms with Crippen LogP contribution in [0.3, 0.4) is 0 Å². The quantitative estimate of drug-likeness (QED) is 0.481. The molecule has 0 aromatic carbocycles. The number of hydrogen-bond acceptors (Lipinski definition) is 0. The van der Waals surface area contributed by atoms with Crippen molar-refractivity contribution in [3.05, 3.63) is 34.9 Å². The summed E-state index contributed by atoms with van der Waals surface area (Å²) in [5.41, 5.74) is 1.19. The third-order valence-corrected chi connectivity index (χ3v) is 1.19. The Balaban J connectivity index is 3.58. The van der Waals surface area contributed by atoms with E-state index in [9.17, 15) is 0 Å². The lowest BCUT2D eigenvalue weighted by Crippen LogP contribution is -1.65. The summed E-state index contributed by atoms with van der Waals surface area (Å²) in [5.74, 6) is 0. The number of rotatable bonds is 3. The molecule has 0 aliphatic heterocycles. The molecule has 0 saturated heterocycles. The number of hydrogen-bond donors (Lipinski definition) is 0. The summed E-state index contributed by atoms with van der Waals surface area (Å²) < 4.78 is 1.14. The van der Waals surface area contributed by atoms with Crippen LogP contribution in [0.5, 0.6) is 0 Å². The summed E-state index contributed by atoms with van der Waals surface area (Å²) in [6.45, 7) is 7.82. The molecule has 0 heterocycles. The van der Waals surface area contributed by atoms with Crippen LogP contribution < -0.4 is 0 Å². The first kappa shape index (κ1) is 9.70. The molecule has 0 spiro atoms. The van der Waals surface area contributed by atoms with Crippen LogP contribution in [0.2, 0.25) is 0 Å².